The van der Waals surface area contributed by atoms with E-state index in [-0.39, 0.29) is 5.91 Å². The Morgan fingerprint density at radius 1 is 1.11 bits per heavy atom. The Labute approximate surface area is 167 Å². The molecule has 3 aromatic rings. The summed E-state index contributed by atoms with van der Waals surface area (Å²) >= 11 is 3.43. The summed E-state index contributed by atoms with van der Waals surface area (Å²) in [6.07, 6.45) is 0.759. The number of benzene rings is 2. The Kier molecular flexibility index (Phi) is 5.96. The van der Waals surface area contributed by atoms with E-state index in [1.54, 1.807) is 11.8 Å². The number of nitrogens with one attached hydrogen (secondary N) is 1. The van der Waals surface area contributed by atoms with E-state index in [2.05, 4.69) is 26.3 Å². The van der Waals surface area contributed by atoms with Crippen molar-refractivity contribution in [1.82, 2.24) is 15.1 Å². The molecule has 0 atom stereocenters. The van der Waals surface area contributed by atoms with Crippen LogP contribution in [0.3, 0.4) is 0 Å². The second-order valence-electron chi connectivity index (χ2n) is 6.29. The van der Waals surface area contributed by atoms with Gasteiger partial charge in [0.05, 0.1) is 29.7 Å². The Morgan fingerprint density at radius 3 is 2.41 bits per heavy atom. The van der Waals surface area contributed by atoms with Gasteiger partial charge in [-0.3, -0.25) is 4.79 Å². The molecule has 0 bridgehead atoms. The fourth-order valence-corrected chi connectivity index (χ4v) is 3.27. The summed E-state index contributed by atoms with van der Waals surface area (Å²) in [5, 5.41) is 7.54. The van der Waals surface area contributed by atoms with E-state index in [9.17, 15) is 4.79 Å². The summed E-state index contributed by atoms with van der Waals surface area (Å²) in [5.41, 5.74) is 4.26. The molecule has 0 radical (unpaired) electrons. The molecule has 0 aliphatic rings. The standard InChI is InChI=1S/C21H22BrN3O2/c1-14-20(15(2)25(24-14)18-8-6-17(22)7-9-18)21(26)23-13-12-16-4-10-19(27-3)11-5-16/h4-11H,12-13H2,1-3H3,(H,23,26). The Bertz CT molecular complexity index is 931. The van der Waals surface area contributed by atoms with E-state index in [1.807, 2.05) is 62.4 Å². The van der Waals surface area contributed by atoms with Crippen LogP contribution in [0, 0.1) is 13.8 Å². The second kappa shape index (κ2) is 8.39. The van der Waals surface area contributed by atoms with Crippen molar-refractivity contribution in [3.8, 4) is 11.4 Å². The third kappa shape index (κ3) is 4.39. The molecule has 3 rings (SSSR count). The molecule has 0 saturated heterocycles. The smallest absolute Gasteiger partial charge is 0.255 e. The molecule has 1 amide bonds. The number of nitrogens with zero attached hydrogens (tertiary/aromatic N) is 2. The SMILES string of the molecule is COc1ccc(CCNC(=O)c2c(C)nn(-c3ccc(Br)cc3)c2C)cc1. The van der Waals surface area contributed by atoms with Gasteiger partial charge in [0.25, 0.3) is 5.91 Å². The van der Waals surface area contributed by atoms with E-state index in [1.165, 1.54) is 0 Å². The lowest BCUT2D eigenvalue weighted by molar-refractivity contribution is 0.0953. The van der Waals surface area contributed by atoms with Crippen molar-refractivity contribution in [2.75, 3.05) is 13.7 Å². The maximum atomic E-state index is 12.7. The molecule has 0 aliphatic heterocycles. The van der Waals surface area contributed by atoms with Crippen molar-refractivity contribution in [3.63, 3.8) is 0 Å². The molecule has 0 saturated carbocycles. The van der Waals surface area contributed by atoms with Crippen LogP contribution in [-0.2, 0) is 6.42 Å². The fraction of sp³-hybridized carbons (Fsp3) is 0.238. The van der Waals surface area contributed by atoms with Crippen LogP contribution < -0.4 is 10.1 Å². The molecule has 0 aliphatic carbocycles. The zero-order chi connectivity index (χ0) is 19.4. The molecule has 1 heterocycles. The van der Waals surface area contributed by atoms with Gasteiger partial charge in [0.15, 0.2) is 0 Å². The first-order valence-corrected chi connectivity index (χ1v) is 9.52. The number of rotatable bonds is 6. The van der Waals surface area contributed by atoms with Crippen LogP contribution in [0.15, 0.2) is 53.0 Å². The molecule has 0 fully saturated rings. The third-order valence-electron chi connectivity index (χ3n) is 4.45. The average molecular weight is 428 g/mol. The monoisotopic (exact) mass is 427 g/mol. The van der Waals surface area contributed by atoms with Crippen LogP contribution in [0.5, 0.6) is 5.75 Å². The van der Waals surface area contributed by atoms with E-state index >= 15 is 0 Å². The van der Waals surface area contributed by atoms with Gasteiger partial charge in [0.1, 0.15) is 5.75 Å². The summed E-state index contributed by atoms with van der Waals surface area (Å²) in [4.78, 5) is 12.7. The zero-order valence-corrected chi connectivity index (χ0v) is 17.2. The van der Waals surface area contributed by atoms with Crippen molar-refractivity contribution in [1.29, 1.82) is 0 Å². The van der Waals surface area contributed by atoms with Crippen molar-refractivity contribution in [2.24, 2.45) is 0 Å². The molecule has 2 aromatic carbocycles. The highest BCUT2D eigenvalue weighted by molar-refractivity contribution is 9.10. The second-order valence-corrected chi connectivity index (χ2v) is 7.20. The van der Waals surface area contributed by atoms with Gasteiger partial charge in [-0.15, -0.1) is 0 Å². The van der Waals surface area contributed by atoms with Crippen LogP contribution in [0.1, 0.15) is 27.3 Å². The first-order chi connectivity index (χ1) is 13.0. The lowest BCUT2D eigenvalue weighted by Gasteiger charge is -2.08. The minimum Gasteiger partial charge on any atom is -0.497 e. The van der Waals surface area contributed by atoms with E-state index < -0.39 is 0 Å². The van der Waals surface area contributed by atoms with E-state index in [4.69, 9.17) is 4.74 Å². The first kappa shape index (κ1) is 19.2. The zero-order valence-electron chi connectivity index (χ0n) is 15.6. The Morgan fingerprint density at radius 2 is 1.78 bits per heavy atom. The Hall–Kier alpha value is -2.60. The molecular weight excluding hydrogens is 406 g/mol. The molecule has 1 N–H and O–H groups in total. The molecule has 6 heteroatoms. The predicted molar refractivity (Wildman–Crippen MR) is 110 cm³/mol. The third-order valence-corrected chi connectivity index (χ3v) is 4.98. The van der Waals surface area contributed by atoms with Crippen molar-refractivity contribution < 1.29 is 9.53 Å². The van der Waals surface area contributed by atoms with Crippen LogP contribution in [0.4, 0.5) is 0 Å². The van der Waals surface area contributed by atoms with E-state index in [0.717, 1.165) is 39.3 Å². The molecule has 5 nitrogen and oxygen atoms in total. The topological polar surface area (TPSA) is 56.1 Å². The number of carbonyl (C=O) groups excluding carboxylic acids is 1. The number of amides is 1. The van der Waals surface area contributed by atoms with Gasteiger partial charge in [0, 0.05) is 11.0 Å². The largest absolute Gasteiger partial charge is 0.497 e. The number of hydrogen-bond donors (Lipinski definition) is 1. The van der Waals surface area contributed by atoms with Crippen LogP contribution >= 0.6 is 15.9 Å². The minimum absolute atomic E-state index is 0.0955. The fourth-order valence-electron chi connectivity index (χ4n) is 3.01. The van der Waals surface area contributed by atoms with Gasteiger partial charge < -0.3 is 10.1 Å². The first-order valence-electron chi connectivity index (χ1n) is 8.73. The molecule has 27 heavy (non-hydrogen) atoms. The summed E-state index contributed by atoms with van der Waals surface area (Å²) < 4.78 is 7.97. The van der Waals surface area contributed by atoms with Gasteiger partial charge >= 0.3 is 0 Å². The molecule has 0 spiro atoms. The molecule has 140 valence electrons. The van der Waals surface area contributed by atoms with Crippen LogP contribution in [0.2, 0.25) is 0 Å². The number of methoxy groups -OCH3 is 1. The number of aromatic nitrogens is 2. The number of aryl methyl sites for hydroxylation is 1. The van der Waals surface area contributed by atoms with E-state index in [0.29, 0.717) is 12.1 Å². The van der Waals surface area contributed by atoms with Gasteiger partial charge in [-0.25, -0.2) is 4.68 Å². The van der Waals surface area contributed by atoms with Gasteiger partial charge in [-0.2, -0.15) is 5.10 Å². The average Bonchev–Trinajstić information content (AvgIpc) is 2.97. The molecule has 1 aromatic heterocycles. The predicted octanol–water partition coefficient (Wildman–Crippen LogP) is 4.23. The number of hydrogen-bond acceptors (Lipinski definition) is 3. The van der Waals surface area contributed by atoms with Crippen molar-refractivity contribution in [3.05, 3.63) is 75.5 Å². The van der Waals surface area contributed by atoms with Crippen molar-refractivity contribution >= 4 is 21.8 Å². The summed E-state index contributed by atoms with van der Waals surface area (Å²) in [5.74, 6) is 0.733. The number of carbonyl (C=O) groups is 1. The highest BCUT2D eigenvalue weighted by atomic mass is 79.9. The quantitative estimate of drug-likeness (QED) is 0.639. The van der Waals surface area contributed by atoms with Gasteiger partial charge in [-0.1, -0.05) is 28.1 Å². The van der Waals surface area contributed by atoms with Crippen LogP contribution in [-0.4, -0.2) is 29.3 Å². The normalized spacial score (nSPS) is 10.7. The highest BCUT2D eigenvalue weighted by Gasteiger charge is 2.19. The summed E-state index contributed by atoms with van der Waals surface area (Å²) in [6, 6.07) is 15.7. The minimum atomic E-state index is -0.0955. The van der Waals surface area contributed by atoms with Gasteiger partial charge in [0.2, 0.25) is 0 Å². The summed E-state index contributed by atoms with van der Waals surface area (Å²) in [6.45, 7) is 4.34. The number of halogens is 1. The maximum absolute atomic E-state index is 12.7. The molecular formula is C21H22BrN3O2. The van der Waals surface area contributed by atoms with Crippen molar-refractivity contribution in [2.45, 2.75) is 20.3 Å². The maximum Gasteiger partial charge on any atom is 0.255 e. The summed E-state index contributed by atoms with van der Waals surface area (Å²) in [7, 11) is 1.65. The number of ether oxygens (including phenoxy) is 1. The van der Waals surface area contributed by atoms with Crippen LogP contribution in [0.25, 0.3) is 5.69 Å². The molecule has 0 unspecified atom stereocenters. The Balaban J connectivity index is 1.68. The lowest BCUT2D eigenvalue weighted by Crippen LogP contribution is -2.26. The highest BCUT2D eigenvalue weighted by Crippen LogP contribution is 2.20. The lowest BCUT2D eigenvalue weighted by atomic mass is 10.1. The van der Waals surface area contributed by atoms with Gasteiger partial charge in [-0.05, 0) is 62.2 Å².